The van der Waals surface area contributed by atoms with Crippen LogP contribution < -0.4 is 0 Å². The van der Waals surface area contributed by atoms with Crippen LogP contribution in [0.3, 0.4) is 0 Å². The van der Waals surface area contributed by atoms with Gasteiger partial charge in [0.2, 0.25) is 11.8 Å². The molecule has 0 heterocycles. The van der Waals surface area contributed by atoms with Crippen molar-refractivity contribution in [1.29, 1.82) is 0 Å². The molecule has 0 atom stereocenters. The first-order chi connectivity index (χ1) is 8.81. The Bertz CT molecular complexity index is 350. The number of carbonyl (C=O) groups excluding carboxylic acids is 4. The van der Waals surface area contributed by atoms with Gasteiger partial charge in [-0.2, -0.15) is 0 Å². The number of ether oxygens (including phenoxy) is 2. The molecule has 0 fully saturated rings. The van der Waals surface area contributed by atoms with Crippen molar-refractivity contribution in [3.63, 3.8) is 0 Å². The largest absolute Gasteiger partial charge is 0.468 e. The average molecular weight is 274 g/mol. The van der Waals surface area contributed by atoms with Crippen molar-refractivity contribution < 1.29 is 28.7 Å². The van der Waals surface area contributed by atoms with Crippen molar-refractivity contribution >= 4 is 23.8 Å². The van der Waals surface area contributed by atoms with Gasteiger partial charge in [0.1, 0.15) is 13.1 Å². The van der Waals surface area contributed by atoms with Gasteiger partial charge in [-0.3, -0.25) is 19.2 Å². The monoisotopic (exact) mass is 274 g/mol. The Morgan fingerprint density at radius 1 is 0.895 bits per heavy atom. The van der Waals surface area contributed by atoms with Gasteiger partial charge in [0.15, 0.2) is 0 Å². The molecule has 0 spiro atoms. The Morgan fingerprint density at radius 3 is 1.63 bits per heavy atom. The van der Waals surface area contributed by atoms with Gasteiger partial charge in [-0.25, -0.2) is 0 Å². The summed E-state index contributed by atoms with van der Waals surface area (Å²) in [7, 11) is 3.78. The molecule has 0 aromatic carbocycles. The molecule has 0 aliphatic rings. The molecule has 0 saturated heterocycles. The first kappa shape index (κ1) is 16.9. The molecule has 0 rings (SSSR count). The summed E-state index contributed by atoms with van der Waals surface area (Å²) in [6.07, 6.45) is 0. The van der Waals surface area contributed by atoms with E-state index in [2.05, 4.69) is 9.47 Å². The first-order valence-electron chi connectivity index (χ1n) is 5.45. The van der Waals surface area contributed by atoms with E-state index in [1.807, 2.05) is 0 Å². The van der Waals surface area contributed by atoms with Crippen molar-refractivity contribution in [2.45, 2.75) is 6.92 Å². The van der Waals surface area contributed by atoms with E-state index in [9.17, 15) is 19.2 Å². The highest BCUT2D eigenvalue weighted by molar-refractivity contribution is 5.89. The van der Waals surface area contributed by atoms with Crippen LogP contribution in [0.25, 0.3) is 0 Å². The molecule has 2 amide bonds. The van der Waals surface area contributed by atoms with Crippen LogP contribution in [0.5, 0.6) is 0 Å². The second-order valence-electron chi connectivity index (χ2n) is 3.78. The van der Waals surface area contributed by atoms with Gasteiger partial charge in [-0.15, -0.1) is 0 Å². The SMILES string of the molecule is COC(=O)CN(CC(=O)OC)C(=O)CN(C)C(C)=O. The number of likely N-dealkylation sites (N-methyl/N-ethyl adjacent to an activating group) is 1. The average Bonchev–Trinajstić information content (AvgIpc) is 2.36. The third kappa shape index (κ3) is 6.39. The van der Waals surface area contributed by atoms with E-state index >= 15 is 0 Å². The summed E-state index contributed by atoms with van der Waals surface area (Å²) in [5, 5.41) is 0. The van der Waals surface area contributed by atoms with Crippen LogP contribution in [0.4, 0.5) is 0 Å². The van der Waals surface area contributed by atoms with Crippen LogP contribution in [-0.4, -0.2) is 74.5 Å². The molecule has 0 unspecified atom stereocenters. The van der Waals surface area contributed by atoms with Gasteiger partial charge < -0.3 is 19.3 Å². The third-order valence-electron chi connectivity index (χ3n) is 2.36. The fraction of sp³-hybridized carbons (Fsp3) is 0.636. The molecular weight excluding hydrogens is 256 g/mol. The number of hydrogen-bond donors (Lipinski definition) is 0. The van der Waals surface area contributed by atoms with Crippen LogP contribution in [0.2, 0.25) is 0 Å². The highest BCUT2D eigenvalue weighted by Gasteiger charge is 2.22. The molecule has 0 aliphatic heterocycles. The lowest BCUT2D eigenvalue weighted by molar-refractivity contribution is -0.152. The maximum Gasteiger partial charge on any atom is 0.325 e. The van der Waals surface area contributed by atoms with E-state index in [0.717, 1.165) is 4.90 Å². The highest BCUT2D eigenvalue weighted by atomic mass is 16.5. The molecule has 0 aromatic heterocycles. The fourth-order valence-electron chi connectivity index (χ4n) is 1.09. The van der Waals surface area contributed by atoms with Crippen molar-refractivity contribution in [3.8, 4) is 0 Å². The molecule has 0 bridgehead atoms. The van der Waals surface area contributed by atoms with E-state index in [4.69, 9.17) is 0 Å². The number of carbonyl (C=O) groups is 4. The summed E-state index contributed by atoms with van der Waals surface area (Å²) in [6, 6.07) is 0. The quantitative estimate of drug-likeness (QED) is 0.555. The summed E-state index contributed by atoms with van der Waals surface area (Å²) < 4.78 is 8.87. The first-order valence-corrected chi connectivity index (χ1v) is 5.45. The van der Waals surface area contributed by atoms with Crippen molar-refractivity contribution in [3.05, 3.63) is 0 Å². The molecule has 19 heavy (non-hydrogen) atoms. The zero-order valence-electron chi connectivity index (χ0n) is 11.5. The molecule has 108 valence electrons. The summed E-state index contributed by atoms with van der Waals surface area (Å²) in [6.45, 7) is 0.313. The summed E-state index contributed by atoms with van der Waals surface area (Å²) in [4.78, 5) is 47.4. The zero-order valence-corrected chi connectivity index (χ0v) is 11.5. The maximum absolute atomic E-state index is 11.9. The van der Waals surface area contributed by atoms with E-state index in [0.29, 0.717) is 0 Å². The van der Waals surface area contributed by atoms with Gasteiger partial charge >= 0.3 is 11.9 Å². The lowest BCUT2D eigenvalue weighted by Crippen LogP contribution is -2.45. The Balaban J connectivity index is 4.71. The zero-order chi connectivity index (χ0) is 15.0. The minimum Gasteiger partial charge on any atom is -0.468 e. The lowest BCUT2D eigenvalue weighted by Gasteiger charge is -2.23. The predicted octanol–water partition coefficient (Wildman–Crippen LogP) is -1.36. The van der Waals surface area contributed by atoms with Gasteiger partial charge in [0, 0.05) is 14.0 Å². The number of methoxy groups -OCH3 is 2. The van der Waals surface area contributed by atoms with Gasteiger partial charge in [-0.05, 0) is 0 Å². The van der Waals surface area contributed by atoms with E-state index < -0.39 is 17.8 Å². The van der Waals surface area contributed by atoms with Crippen molar-refractivity contribution in [1.82, 2.24) is 9.80 Å². The topological polar surface area (TPSA) is 93.2 Å². The molecule has 0 N–H and O–H groups in total. The summed E-state index contributed by atoms with van der Waals surface area (Å²) >= 11 is 0. The van der Waals surface area contributed by atoms with E-state index in [1.54, 1.807) is 0 Å². The lowest BCUT2D eigenvalue weighted by atomic mass is 10.4. The third-order valence-corrected chi connectivity index (χ3v) is 2.36. The Labute approximate surface area is 111 Å². The fourth-order valence-corrected chi connectivity index (χ4v) is 1.09. The van der Waals surface area contributed by atoms with Crippen LogP contribution >= 0.6 is 0 Å². The van der Waals surface area contributed by atoms with Gasteiger partial charge in [0.25, 0.3) is 0 Å². The normalized spacial score (nSPS) is 9.47. The second kappa shape index (κ2) is 8.06. The minimum atomic E-state index is -0.664. The van der Waals surface area contributed by atoms with Gasteiger partial charge in [-0.1, -0.05) is 0 Å². The molecule has 8 nitrogen and oxygen atoms in total. The molecule has 0 radical (unpaired) electrons. The summed E-state index contributed by atoms with van der Waals surface area (Å²) in [5.41, 5.74) is 0. The second-order valence-corrected chi connectivity index (χ2v) is 3.78. The molecule has 0 aromatic rings. The van der Waals surface area contributed by atoms with E-state index in [-0.39, 0.29) is 25.5 Å². The van der Waals surface area contributed by atoms with Gasteiger partial charge in [0.05, 0.1) is 20.8 Å². The standard InChI is InChI=1S/C11H18N2O6/c1-8(14)12(2)5-9(15)13(6-10(16)18-3)7-11(17)19-4/h5-7H2,1-4H3. The summed E-state index contributed by atoms with van der Waals surface area (Å²) in [5.74, 6) is -2.18. The number of nitrogens with zero attached hydrogens (tertiary/aromatic N) is 2. The number of hydrogen-bond acceptors (Lipinski definition) is 6. The Morgan fingerprint density at radius 2 is 1.32 bits per heavy atom. The molecule has 8 heteroatoms. The minimum absolute atomic E-state index is 0.233. The predicted molar refractivity (Wildman–Crippen MR) is 63.9 cm³/mol. The van der Waals surface area contributed by atoms with Crippen LogP contribution in [0.1, 0.15) is 6.92 Å². The van der Waals surface area contributed by atoms with Crippen LogP contribution in [-0.2, 0) is 28.7 Å². The van der Waals surface area contributed by atoms with Crippen molar-refractivity contribution in [2.75, 3.05) is 40.9 Å². The number of rotatable bonds is 6. The molecular formula is C11H18N2O6. The molecule has 0 saturated carbocycles. The van der Waals surface area contributed by atoms with E-state index in [1.165, 1.54) is 33.1 Å². The number of esters is 2. The molecule has 0 aliphatic carbocycles. The number of amides is 2. The van der Waals surface area contributed by atoms with Crippen LogP contribution in [0.15, 0.2) is 0 Å². The smallest absolute Gasteiger partial charge is 0.325 e. The maximum atomic E-state index is 11.9. The van der Waals surface area contributed by atoms with Crippen molar-refractivity contribution in [2.24, 2.45) is 0 Å². The van der Waals surface area contributed by atoms with Crippen LogP contribution in [0, 0.1) is 0 Å². The Kier molecular flexibility index (Phi) is 7.16. The highest BCUT2D eigenvalue weighted by Crippen LogP contribution is 1.96. The Hall–Kier alpha value is -2.12.